The molecule has 2 unspecified atom stereocenters. The van der Waals surface area contributed by atoms with Crippen LogP contribution in [0.2, 0.25) is 0 Å². The summed E-state index contributed by atoms with van der Waals surface area (Å²) in [6.07, 6.45) is 1.97. The predicted molar refractivity (Wildman–Crippen MR) is 79.8 cm³/mol. The molecule has 106 valence electrons. The molecule has 0 amide bonds. The third-order valence-corrected chi connectivity index (χ3v) is 7.63. The van der Waals surface area contributed by atoms with Gasteiger partial charge < -0.3 is 4.52 Å². The molecule has 0 aromatic heterocycles. The van der Waals surface area contributed by atoms with Crippen LogP contribution in [0.4, 0.5) is 0 Å². The van der Waals surface area contributed by atoms with Crippen LogP contribution in [0.25, 0.3) is 0 Å². The maximum absolute atomic E-state index is 10.4. The van der Waals surface area contributed by atoms with Gasteiger partial charge >= 0.3 is 0 Å². The van der Waals surface area contributed by atoms with Crippen LogP contribution in [0.15, 0.2) is 35.2 Å². The van der Waals surface area contributed by atoms with Gasteiger partial charge in [0, 0.05) is 12.6 Å². The molecule has 0 radical (unpaired) electrons. The minimum absolute atomic E-state index is 0.170. The summed E-state index contributed by atoms with van der Waals surface area (Å²) in [7, 11) is -3.88. The summed E-state index contributed by atoms with van der Waals surface area (Å²) in [6.45, 7) is 0.959. The van der Waals surface area contributed by atoms with Gasteiger partial charge in [-0.2, -0.15) is 10.6 Å². The van der Waals surface area contributed by atoms with E-state index in [9.17, 15) is 9.11 Å². The Bertz CT molecular complexity index is 450. The standard InChI is InChI=1S/C12H17ClNO3PS/c13-18-14-8-4-7-11(14)12(17-18)9-19(15,16)10-5-2-1-3-6-10/h1-3,5-6,11-12,15-16H,4,7-9H2/t11-,12?,18?/m0/s1. The number of hydrogen-bond donors (Lipinski definition) is 2. The molecule has 3 rings (SSSR count). The van der Waals surface area contributed by atoms with Crippen molar-refractivity contribution in [1.29, 1.82) is 0 Å². The van der Waals surface area contributed by atoms with Crippen molar-refractivity contribution in [3.05, 3.63) is 30.3 Å². The summed E-state index contributed by atoms with van der Waals surface area (Å²) in [5, 5.41) is 0. The van der Waals surface area contributed by atoms with Crippen LogP contribution in [0.1, 0.15) is 12.8 Å². The van der Waals surface area contributed by atoms with Gasteiger partial charge in [0.2, 0.25) is 7.65 Å². The Morgan fingerprint density at radius 3 is 2.84 bits per heavy atom. The molecule has 0 bridgehead atoms. The minimum Gasteiger partial charge on any atom is -0.325 e. The molecule has 2 fully saturated rings. The summed E-state index contributed by atoms with van der Waals surface area (Å²) in [5.41, 5.74) is 0. The zero-order valence-electron chi connectivity index (χ0n) is 10.4. The molecule has 2 aliphatic rings. The first-order chi connectivity index (χ1) is 9.08. The van der Waals surface area contributed by atoms with Gasteiger partial charge in [-0.25, -0.2) is 4.67 Å². The van der Waals surface area contributed by atoms with Crippen molar-refractivity contribution in [3.63, 3.8) is 0 Å². The van der Waals surface area contributed by atoms with E-state index in [0.29, 0.717) is 4.90 Å². The number of hydrogen-bond acceptors (Lipinski definition) is 4. The van der Waals surface area contributed by atoms with E-state index in [-0.39, 0.29) is 17.9 Å². The van der Waals surface area contributed by atoms with E-state index in [0.717, 1.165) is 19.4 Å². The van der Waals surface area contributed by atoms with Crippen molar-refractivity contribution in [3.8, 4) is 0 Å². The fourth-order valence-electron chi connectivity index (χ4n) is 2.70. The molecule has 19 heavy (non-hydrogen) atoms. The van der Waals surface area contributed by atoms with Crippen LogP contribution in [-0.4, -0.2) is 38.2 Å². The van der Waals surface area contributed by atoms with Gasteiger partial charge in [-0.1, -0.05) is 18.2 Å². The van der Waals surface area contributed by atoms with Gasteiger partial charge in [-0.15, -0.1) is 0 Å². The molecule has 2 aliphatic heterocycles. The van der Waals surface area contributed by atoms with E-state index < -0.39 is 18.2 Å². The number of rotatable bonds is 3. The van der Waals surface area contributed by atoms with Gasteiger partial charge in [-0.05, 0) is 36.2 Å². The Morgan fingerprint density at radius 2 is 2.11 bits per heavy atom. The first-order valence-corrected chi connectivity index (χ1v) is 10.1. The molecule has 2 saturated heterocycles. The number of nitrogens with zero attached hydrogens (tertiary/aromatic N) is 1. The maximum atomic E-state index is 10.4. The minimum atomic E-state index is -2.81. The van der Waals surface area contributed by atoms with Gasteiger partial charge in [0.1, 0.15) is 0 Å². The maximum Gasteiger partial charge on any atom is 0.207 e. The average Bonchev–Trinajstić information content (AvgIpc) is 2.96. The summed E-state index contributed by atoms with van der Waals surface area (Å²) in [5.74, 6) is 0.240. The lowest BCUT2D eigenvalue weighted by Crippen LogP contribution is -2.32. The number of fused-ring (bicyclic) bond motifs is 1. The van der Waals surface area contributed by atoms with Crippen molar-refractivity contribution < 1.29 is 13.6 Å². The average molecular weight is 322 g/mol. The molecular formula is C12H17ClNO3PS. The van der Waals surface area contributed by atoms with Crippen LogP contribution < -0.4 is 0 Å². The second-order valence-electron chi connectivity index (χ2n) is 4.89. The fourth-order valence-corrected chi connectivity index (χ4v) is 6.56. The molecule has 4 nitrogen and oxygen atoms in total. The molecule has 0 spiro atoms. The first kappa shape index (κ1) is 14.1. The fraction of sp³-hybridized carbons (Fsp3) is 0.500. The molecule has 1 aromatic rings. The second-order valence-corrected chi connectivity index (χ2v) is 9.07. The van der Waals surface area contributed by atoms with Gasteiger partial charge in [0.15, 0.2) is 0 Å². The highest BCUT2D eigenvalue weighted by Gasteiger charge is 2.46. The zero-order chi connectivity index (χ0) is 13.5. The largest absolute Gasteiger partial charge is 0.325 e. The zero-order valence-corrected chi connectivity index (χ0v) is 12.8. The molecule has 0 saturated carbocycles. The number of benzene rings is 1. The molecule has 0 aliphatic carbocycles. The monoisotopic (exact) mass is 321 g/mol. The van der Waals surface area contributed by atoms with Crippen molar-refractivity contribution in [1.82, 2.24) is 4.67 Å². The summed E-state index contributed by atoms with van der Waals surface area (Å²) >= 11 is 6.20. The Morgan fingerprint density at radius 1 is 1.37 bits per heavy atom. The Labute approximate surface area is 120 Å². The lowest BCUT2D eigenvalue weighted by atomic mass is 10.1. The van der Waals surface area contributed by atoms with Crippen LogP contribution in [0.5, 0.6) is 0 Å². The van der Waals surface area contributed by atoms with Gasteiger partial charge in [-0.3, -0.25) is 9.11 Å². The molecule has 3 atom stereocenters. The van der Waals surface area contributed by atoms with Crippen molar-refractivity contribution in [2.24, 2.45) is 0 Å². The molecular weight excluding hydrogens is 305 g/mol. The van der Waals surface area contributed by atoms with Gasteiger partial charge in [0.25, 0.3) is 0 Å². The van der Waals surface area contributed by atoms with Crippen molar-refractivity contribution in [2.75, 3.05) is 12.3 Å². The van der Waals surface area contributed by atoms with E-state index in [1.807, 2.05) is 18.2 Å². The summed E-state index contributed by atoms with van der Waals surface area (Å²) in [6, 6.07) is 9.24. The van der Waals surface area contributed by atoms with Crippen molar-refractivity contribution in [2.45, 2.75) is 29.9 Å². The third kappa shape index (κ3) is 2.79. The highest BCUT2D eigenvalue weighted by Crippen LogP contribution is 2.61. The quantitative estimate of drug-likeness (QED) is 0.822. The second kappa shape index (κ2) is 5.49. The topological polar surface area (TPSA) is 52.9 Å². The van der Waals surface area contributed by atoms with E-state index in [4.69, 9.17) is 15.8 Å². The molecule has 2 heterocycles. The van der Waals surface area contributed by atoms with E-state index in [2.05, 4.69) is 4.67 Å². The van der Waals surface area contributed by atoms with Crippen LogP contribution in [0.3, 0.4) is 0 Å². The number of halogens is 1. The smallest absolute Gasteiger partial charge is 0.207 e. The van der Waals surface area contributed by atoms with Crippen molar-refractivity contribution >= 4 is 29.5 Å². The molecule has 2 N–H and O–H groups in total. The Kier molecular flexibility index (Phi) is 4.07. The van der Waals surface area contributed by atoms with Crippen LogP contribution in [-0.2, 0) is 4.52 Å². The lowest BCUT2D eigenvalue weighted by molar-refractivity contribution is 0.231. The van der Waals surface area contributed by atoms with E-state index in [1.165, 1.54) is 0 Å². The van der Waals surface area contributed by atoms with Crippen LogP contribution in [0, 0.1) is 0 Å². The Hall–Kier alpha value is 0.130. The van der Waals surface area contributed by atoms with Crippen LogP contribution >= 0.6 is 29.5 Å². The molecule has 7 heteroatoms. The normalized spacial score (nSPS) is 32.5. The third-order valence-electron chi connectivity index (χ3n) is 3.64. The SMILES string of the molecule is OS(O)(CC1OP(Cl)N2CCC[C@@H]12)c1ccccc1. The molecule has 1 aromatic carbocycles. The first-order valence-electron chi connectivity index (χ1n) is 6.28. The van der Waals surface area contributed by atoms with Gasteiger partial charge in [0.05, 0.1) is 16.8 Å². The Balaban J connectivity index is 1.74. The predicted octanol–water partition coefficient (Wildman–Crippen LogP) is 4.13. The van der Waals surface area contributed by atoms with E-state index >= 15 is 0 Å². The highest BCUT2D eigenvalue weighted by molar-refractivity contribution is 8.24. The summed E-state index contributed by atoms with van der Waals surface area (Å²) in [4.78, 5) is 0.578. The van der Waals surface area contributed by atoms with E-state index in [1.54, 1.807) is 12.1 Å². The lowest BCUT2D eigenvalue weighted by Gasteiger charge is -2.35. The summed E-state index contributed by atoms with van der Waals surface area (Å²) < 4.78 is 28.6. The highest BCUT2D eigenvalue weighted by atomic mass is 35.7.